The van der Waals surface area contributed by atoms with Crippen LogP contribution in [0.5, 0.6) is 11.5 Å². The van der Waals surface area contributed by atoms with E-state index in [2.05, 4.69) is 0 Å². The summed E-state index contributed by atoms with van der Waals surface area (Å²) in [6, 6.07) is 16.0. The van der Waals surface area contributed by atoms with Crippen LogP contribution >= 0.6 is 7.92 Å². The second-order valence-corrected chi connectivity index (χ2v) is 13.1. The fraction of sp³-hybridized carbons (Fsp3) is 0.250. The van der Waals surface area contributed by atoms with Crippen molar-refractivity contribution in [1.29, 1.82) is 0 Å². The maximum absolute atomic E-state index is 12.6. The molecule has 188 valence electrons. The Bertz CT molecular complexity index is 1450. The first-order chi connectivity index (χ1) is 16.4. The zero-order valence-electron chi connectivity index (χ0n) is 20.0. The van der Waals surface area contributed by atoms with Gasteiger partial charge in [-0.1, -0.05) is 24.3 Å². The highest BCUT2D eigenvalue weighted by Crippen LogP contribution is 2.37. The third-order valence-electron chi connectivity index (χ3n) is 5.46. The largest absolute Gasteiger partial charge is 0.496 e. The summed E-state index contributed by atoms with van der Waals surface area (Å²) in [5.74, 6) is 0.327. The lowest BCUT2D eigenvalue weighted by molar-refractivity contribution is 0.378. The van der Waals surface area contributed by atoms with Crippen molar-refractivity contribution in [2.45, 2.75) is 24.5 Å². The molecule has 0 fully saturated rings. The second kappa shape index (κ2) is 10.6. The van der Waals surface area contributed by atoms with E-state index in [1.165, 1.54) is 13.2 Å². The molecule has 0 aliphatic carbocycles. The van der Waals surface area contributed by atoms with Crippen LogP contribution < -0.4 is 25.4 Å². The van der Waals surface area contributed by atoms with Crippen LogP contribution in [0.2, 0.25) is 0 Å². The molecule has 0 radical (unpaired) electrons. The number of methoxy groups -OCH3 is 2. The molecule has 11 heteroatoms. The van der Waals surface area contributed by atoms with Gasteiger partial charge in [-0.05, 0) is 84.7 Å². The summed E-state index contributed by atoms with van der Waals surface area (Å²) in [6.07, 6.45) is 0. The number of rotatable bonds is 9. The Labute approximate surface area is 207 Å². The molecule has 0 saturated heterocycles. The van der Waals surface area contributed by atoms with Crippen molar-refractivity contribution >= 4 is 44.1 Å². The summed E-state index contributed by atoms with van der Waals surface area (Å²) < 4.78 is 73.3. The third-order valence-corrected chi connectivity index (χ3v) is 9.82. The number of hydrogen-bond acceptors (Lipinski definition) is 7. The van der Waals surface area contributed by atoms with Gasteiger partial charge in [0.05, 0.1) is 21.3 Å². The number of aryl methyl sites for hydroxylation is 2. The Morgan fingerprint density at radius 3 is 1.83 bits per heavy atom. The van der Waals surface area contributed by atoms with Crippen molar-refractivity contribution in [3.05, 3.63) is 71.3 Å². The van der Waals surface area contributed by atoms with Gasteiger partial charge in [-0.2, -0.15) is 16.8 Å². The molecule has 0 saturated carbocycles. The summed E-state index contributed by atoms with van der Waals surface area (Å²) in [5.41, 5.74) is 2.06. The van der Waals surface area contributed by atoms with Crippen LogP contribution in [0.4, 0.5) is 0 Å². The van der Waals surface area contributed by atoms with Gasteiger partial charge in [0.1, 0.15) is 22.1 Å². The number of benzene rings is 3. The summed E-state index contributed by atoms with van der Waals surface area (Å²) in [6.45, 7) is 3.67. The minimum atomic E-state index is -4.25. The molecule has 3 aromatic rings. The SMILES string of the molecule is COc1ccc(P(c2ccc(C)c(CS(=O)(=O)O)c2)c2ccc(OC)c(S(=O)(=O)OC)c2)cc1C. The first-order valence-corrected chi connectivity index (χ1v) is 14.7. The normalized spacial score (nSPS) is 12.9. The van der Waals surface area contributed by atoms with Gasteiger partial charge in [-0.15, -0.1) is 0 Å². The first kappa shape index (κ1) is 27.1. The molecule has 0 aromatic heterocycles. The molecule has 0 aliphatic heterocycles. The molecule has 0 bridgehead atoms. The molecule has 0 amide bonds. The van der Waals surface area contributed by atoms with E-state index in [0.717, 1.165) is 23.3 Å². The molecule has 1 N–H and O–H groups in total. The van der Waals surface area contributed by atoms with Gasteiger partial charge >= 0.3 is 0 Å². The van der Waals surface area contributed by atoms with E-state index in [9.17, 15) is 21.4 Å². The van der Waals surface area contributed by atoms with E-state index in [1.54, 1.807) is 38.3 Å². The Morgan fingerprint density at radius 1 is 0.743 bits per heavy atom. The standard InChI is InChI=1S/C24H27O8PS2/c1-16-6-7-20(13-18(16)15-34(25,26)27)33(19-8-10-22(30-3)17(2)12-19)21-9-11-23(31-4)24(14-21)35(28,29)32-5/h6-14H,15H2,1-5H3,(H,25,26,27). The van der Waals surface area contributed by atoms with Gasteiger partial charge in [-0.25, -0.2) is 0 Å². The molecule has 1 atom stereocenters. The van der Waals surface area contributed by atoms with Crippen molar-refractivity contribution in [3.8, 4) is 11.5 Å². The molecular formula is C24H27O8PS2. The van der Waals surface area contributed by atoms with Crippen LogP contribution in [-0.2, 0) is 30.2 Å². The van der Waals surface area contributed by atoms with E-state index >= 15 is 0 Å². The summed E-state index contributed by atoms with van der Waals surface area (Å²) in [4.78, 5) is -0.108. The van der Waals surface area contributed by atoms with E-state index in [-0.39, 0.29) is 10.6 Å². The Kier molecular flexibility index (Phi) is 8.24. The van der Waals surface area contributed by atoms with Crippen LogP contribution in [-0.4, -0.2) is 42.7 Å². The number of hydrogen-bond donors (Lipinski definition) is 1. The summed E-state index contributed by atoms with van der Waals surface area (Å²) >= 11 is 0. The van der Waals surface area contributed by atoms with Crippen LogP contribution in [0.3, 0.4) is 0 Å². The molecule has 35 heavy (non-hydrogen) atoms. The lowest BCUT2D eigenvalue weighted by Crippen LogP contribution is -2.23. The Hall–Kier alpha value is -2.49. The second-order valence-electron chi connectivity index (χ2n) is 7.78. The van der Waals surface area contributed by atoms with E-state index < -0.39 is 33.9 Å². The van der Waals surface area contributed by atoms with E-state index in [0.29, 0.717) is 22.2 Å². The lowest BCUT2D eigenvalue weighted by Gasteiger charge is -2.23. The van der Waals surface area contributed by atoms with Crippen LogP contribution in [0.1, 0.15) is 16.7 Å². The van der Waals surface area contributed by atoms with Gasteiger partial charge in [0.25, 0.3) is 20.2 Å². The molecule has 1 unspecified atom stereocenters. The highest BCUT2D eigenvalue weighted by molar-refractivity contribution is 7.87. The zero-order chi connectivity index (χ0) is 26.0. The van der Waals surface area contributed by atoms with Gasteiger partial charge in [-0.3, -0.25) is 8.74 Å². The molecule has 0 heterocycles. The fourth-order valence-corrected chi connectivity index (χ4v) is 7.76. The van der Waals surface area contributed by atoms with Crippen molar-refractivity contribution in [1.82, 2.24) is 0 Å². The van der Waals surface area contributed by atoms with Gasteiger partial charge in [0.2, 0.25) is 0 Å². The number of ether oxygens (including phenoxy) is 2. The molecule has 0 spiro atoms. The van der Waals surface area contributed by atoms with Gasteiger partial charge in [0.15, 0.2) is 0 Å². The predicted octanol–water partition coefficient (Wildman–Crippen LogP) is 2.80. The lowest BCUT2D eigenvalue weighted by atomic mass is 10.1. The first-order valence-electron chi connectivity index (χ1n) is 10.4. The zero-order valence-corrected chi connectivity index (χ0v) is 22.5. The van der Waals surface area contributed by atoms with Crippen molar-refractivity contribution < 1.29 is 35.0 Å². The molecule has 8 nitrogen and oxygen atoms in total. The van der Waals surface area contributed by atoms with Crippen LogP contribution in [0.25, 0.3) is 0 Å². The van der Waals surface area contributed by atoms with Crippen LogP contribution in [0, 0.1) is 13.8 Å². The van der Waals surface area contributed by atoms with Gasteiger partial charge < -0.3 is 9.47 Å². The summed E-state index contributed by atoms with van der Waals surface area (Å²) in [5, 5.41) is 2.35. The highest BCUT2D eigenvalue weighted by atomic mass is 32.2. The van der Waals surface area contributed by atoms with Crippen molar-refractivity contribution in [2.75, 3.05) is 21.3 Å². The van der Waals surface area contributed by atoms with E-state index in [1.807, 2.05) is 31.2 Å². The van der Waals surface area contributed by atoms with Crippen molar-refractivity contribution in [3.63, 3.8) is 0 Å². The quantitative estimate of drug-likeness (QED) is 0.251. The van der Waals surface area contributed by atoms with Crippen LogP contribution in [0.15, 0.2) is 59.5 Å². The van der Waals surface area contributed by atoms with Gasteiger partial charge in [0, 0.05) is 0 Å². The highest BCUT2D eigenvalue weighted by Gasteiger charge is 2.25. The molecular weight excluding hydrogens is 511 g/mol. The smallest absolute Gasteiger partial charge is 0.300 e. The topological polar surface area (TPSA) is 116 Å². The third kappa shape index (κ3) is 6.20. The molecule has 0 aliphatic rings. The Balaban J connectivity index is 2.30. The summed E-state index contributed by atoms with van der Waals surface area (Å²) in [7, 11) is -5.62. The maximum Gasteiger partial charge on any atom is 0.300 e. The molecule has 3 rings (SSSR count). The molecule has 3 aromatic carbocycles. The predicted molar refractivity (Wildman–Crippen MR) is 137 cm³/mol. The average Bonchev–Trinajstić information content (AvgIpc) is 2.80. The van der Waals surface area contributed by atoms with E-state index in [4.69, 9.17) is 13.7 Å². The Morgan fingerprint density at radius 2 is 1.29 bits per heavy atom. The monoisotopic (exact) mass is 538 g/mol. The fourth-order valence-electron chi connectivity index (χ4n) is 3.69. The average molecular weight is 539 g/mol. The minimum absolute atomic E-state index is 0.108. The minimum Gasteiger partial charge on any atom is -0.496 e. The van der Waals surface area contributed by atoms with Crippen molar-refractivity contribution in [2.24, 2.45) is 0 Å². The maximum atomic E-state index is 12.6.